The monoisotopic (exact) mass is 538 g/mol. The van der Waals surface area contributed by atoms with Gasteiger partial charge in [-0.15, -0.1) is 0 Å². The van der Waals surface area contributed by atoms with Gasteiger partial charge in [0.1, 0.15) is 41.1 Å². The summed E-state index contributed by atoms with van der Waals surface area (Å²) in [5.74, 6) is -0.0269. The fourth-order valence-corrected chi connectivity index (χ4v) is 4.50. The van der Waals surface area contributed by atoms with Crippen LogP contribution in [0.25, 0.3) is 22.2 Å². The van der Waals surface area contributed by atoms with E-state index in [4.69, 9.17) is 20.2 Å². The Morgan fingerprint density at radius 2 is 1.93 bits per heavy atom. The molecule has 204 valence electrons. The highest BCUT2D eigenvalue weighted by atomic mass is 19.1. The van der Waals surface area contributed by atoms with Gasteiger partial charge in [-0.3, -0.25) is 14.8 Å². The predicted octanol–water partition coefficient (Wildman–Crippen LogP) is 5.77. The molecule has 40 heavy (non-hydrogen) atoms. The number of pyridine rings is 2. The Morgan fingerprint density at radius 1 is 1.12 bits per heavy atom. The number of aliphatic imine (C=N–C) groups is 1. The Hall–Kier alpha value is -4.33. The molecule has 0 radical (unpaired) electrons. The van der Waals surface area contributed by atoms with E-state index in [9.17, 15) is 9.18 Å². The lowest BCUT2D eigenvalue weighted by Crippen LogP contribution is -2.22. The summed E-state index contributed by atoms with van der Waals surface area (Å²) in [6, 6.07) is 15.9. The minimum absolute atomic E-state index is 0.171. The second-order valence-electron chi connectivity index (χ2n) is 10.4. The van der Waals surface area contributed by atoms with E-state index in [0.717, 1.165) is 40.8 Å². The third-order valence-corrected chi connectivity index (χ3v) is 6.89. The summed E-state index contributed by atoms with van der Waals surface area (Å²) in [6.45, 7) is 0.658. The van der Waals surface area contributed by atoms with Crippen molar-refractivity contribution in [3.63, 3.8) is 0 Å². The predicted molar refractivity (Wildman–Crippen MR) is 152 cm³/mol. The minimum atomic E-state index is -0.546. The number of benzene rings is 2. The average Bonchev–Trinajstić information content (AvgIpc) is 3.90. The first kappa shape index (κ1) is 25.9. The van der Waals surface area contributed by atoms with Crippen molar-refractivity contribution in [2.24, 2.45) is 10.7 Å². The van der Waals surface area contributed by atoms with Crippen LogP contribution in [0.3, 0.4) is 0 Å². The molecule has 2 aliphatic carbocycles. The quantitative estimate of drug-likeness (QED) is 0.287. The summed E-state index contributed by atoms with van der Waals surface area (Å²) in [5, 5.41) is 1.00. The number of carbonyl (C=O) groups excluding carboxylic acids is 1. The van der Waals surface area contributed by atoms with Crippen LogP contribution in [-0.4, -0.2) is 41.3 Å². The van der Waals surface area contributed by atoms with E-state index in [2.05, 4.69) is 9.98 Å². The summed E-state index contributed by atoms with van der Waals surface area (Å²) in [7, 11) is 0. The van der Waals surface area contributed by atoms with Crippen LogP contribution >= 0.6 is 0 Å². The largest absolute Gasteiger partial charge is 0.490 e. The number of rotatable bonds is 8. The molecule has 0 bridgehead atoms. The highest BCUT2D eigenvalue weighted by Crippen LogP contribution is 2.41. The maximum Gasteiger partial charge on any atom is 0.228 e. The molecule has 7 rings (SSSR count). The Bertz CT molecular complexity index is 1560. The molecule has 1 amide bonds. The molecular weight excluding hydrogens is 507 g/mol. The van der Waals surface area contributed by atoms with Crippen molar-refractivity contribution in [3.05, 3.63) is 83.4 Å². The van der Waals surface area contributed by atoms with Gasteiger partial charge in [-0.25, -0.2) is 9.37 Å². The molecule has 0 spiro atoms. The van der Waals surface area contributed by atoms with E-state index in [-0.39, 0.29) is 18.5 Å². The van der Waals surface area contributed by atoms with Crippen molar-refractivity contribution in [1.29, 1.82) is 0 Å². The van der Waals surface area contributed by atoms with Crippen LogP contribution in [0.15, 0.2) is 65.8 Å². The van der Waals surface area contributed by atoms with Crippen LogP contribution in [0.2, 0.25) is 0 Å². The highest BCUT2D eigenvalue weighted by molar-refractivity contribution is 5.92. The number of primary amides is 1. The zero-order valence-corrected chi connectivity index (χ0v) is 22.2. The van der Waals surface area contributed by atoms with Gasteiger partial charge >= 0.3 is 0 Å². The molecule has 4 aromatic rings. The van der Waals surface area contributed by atoms with Gasteiger partial charge in [-0.1, -0.05) is 25.3 Å². The number of carbonyl (C=O) groups is 1. The molecule has 1 aliphatic heterocycles. The fourth-order valence-electron chi connectivity index (χ4n) is 4.50. The first-order chi connectivity index (χ1) is 19.5. The summed E-state index contributed by atoms with van der Waals surface area (Å²) < 4.78 is 25.4. The zero-order valence-electron chi connectivity index (χ0n) is 22.2. The van der Waals surface area contributed by atoms with Crippen LogP contribution in [-0.2, 0) is 11.2 Å². The molecule has 2 aromatic heterocycles. The number of halogens is 1. The van der Waals surface area contributed by atoms with Crippen molar-refractivity contribution in [3.8, 4) is 22.8 Å². The molecule has 3 aliphatic rings. The van der Waals surface area contributed by atoms with Gasteiger partial charge in [-0.2, -0.15) is 0 Å². The minimum Gasteiger partial charge on any atom is -0.490 e. The molecule has 0 saturated heterocycles. The standard InChI is InChI=1S/C29H25FN4O3.C3H6/c30-20-5-3-18(4-6-20)27-28-23(24(16-36-28)29(31)35)14-21(34-27)9-11-32-15-17-12-19-2-1-10-33-26(19)25(13-17)37-22-7-8-22;1-2-3-1/h1-6,10,12-15,22,24H,7-9,11,16H2,(H2,31,35);1-3H2. The van der Waals surface area contributed by atoms with Crippen molar-refractivity contribution >= 4 is 23.0 Å². The Kier molecular flexibility index (Phi) is 7.40. The SMILES string of the molecule is C1CC1.NC(=O)C1COc2c1cc(CCN=Cc1cc(OC3CC3)c3ncccc3c1)nc2-c1ccc(F)cc1. The molecule has 2 saturated carbocycles. The molecular formula is C32H31FN4O3. The topological polar surface area (TPSA) is 99.7 Å². The molecule has 2 N–H and O–H groups in total. The fraction of sp³-hybridized carbons (Fsp3) is 0.312. The van der Waals surface area contributed by atoms with Crippen LogP contribution in [0.4, 0.5) is 4.39 Å². The second kappa shape index (κ2) is 11.4. The smallest absolute Gasteiger partial charge is 0.228 e. The number of fused-ring (bicyclic) bond motifs is 2. The first-order valence-electron chi connectivity index (χ1n) is 13.8. The lowest BCUT2D eigenvalue weighted by atomic mass is 9.97. The van der Waals surface area contributed by atoms with Gasteiger partial charge in [0.25, 0.3) is 0 Å². The second-order valence-corrected chi connectivity index (χ2v) is 10.4. The Balaban J connectivity index is 0.000000905. The van der Waals surface area contributed by atoms with E-state index in [1.807, 2.05) is 36.5 Å². The summed E-state index contributed by atoms with van der Waals surface area (Å²) in [6.07, 6.45) is 11.1. The van der Waals surface area contributed by atoms with Crippen LogP contribution in [0.5, 0.6) is 11.5 Å². The number of ether oxygens (including phenoxy) is 2. The normalized spacial score (nSPS) is 17.2. The number of aromatic nitrogens is 2. The van der Waals surface area contributed by atoms with Crippen molar-refractivity contribution in [1.82, 2.24) is 9.97 Å². The van der Waals surface area contributed by atoms with Gasteiger partial charge < -0.3 is 15.2 Å². The Morgan fingerprint density at radius 3 is 2.65 bits per heavy atom. The molecule has 2 fully saturated rings. The molecule has 1 atom stereocenters. The van der Waals surface area contributed by atoms with Gasteiger partial charge in [0, 0.05) is 47.6 Å². The van der Waals surface area contributed by atoms with Crippen molar-refractivity contribution in [2.75, 3.05) is 13.2 Å². The molecule has 8 heteroatoms. The lowest BCUT2D eigenvalue weighted by molar-refractivity contribution is -0.119. The molecule has 2 aromatic carbocycles. The van der Waals surface area contributed by atoms with Gasteiger partial charge in [0.15, 0.2) is 0 Å². The van der Waals surface area contributed by atoms with Gasteiger partial charge in [0.05, 0.1) is 6.10 Å². The van der Waals surface area contributed by atoms with Crippen LogP contribution in [0, 0.1) is 5.82 Å². The summed E-state index contributed by atoms with van der Waals surface area (Å²) >= 11 is 0. The van der Waals surface area contributed by atoms with E-state index in [0.29, 0.717) is 35.5 Å². The summed E-state index contributed by atoms with van der Waals surface area (Å²) in [5.41, 5.74) is 10.2. The molecule has 1 unspecified atom stereocenters. The lowest BCUT2D eigenvalue weighted by Gasteiger charge is -2.11. The highest BCUT2D eigenvalue weighted by Gasteiger charge is 2.32. The van der Waals surface area contributed by atoms with E-state index < -0.39 is 11.8 Å². The third-order valence-electron chi connectivity index (χ3n) is 6.89. The molecule has 7 nitrogen and oxygen atoms in total. The maximum absolute atomic E-state index is 13.5. The van der Waals surface area contributed by atoms with Crippen molar-refractivity contribution < 1.29 is 18.7 Å². The summed E-state index contributed by atoms with van der Waals surface area (Å²) in [4.78, 5) is 25.9. The number of nitrogens with two attached hydrogens (primary N) is 1. The zero-order chi connectivity index (χ0) is 27.5. The van der Waals surface area contributed by atoms with E-state index >= 15 is 0 Å². The number of hydrogen-bond acceptors (Lipinski definition) is 6. The number of amides is 1. The first-order valence-corrected chi connectivity index (χ1v) is 13.8. The number of nitrogens with zero attached hydrogens (tertiary/aromatic N) is 3. The van der Waals surface area contributed by atoms with Gasteiger partial charge in [-0.05, 0) is 66.9 Å². The van der Waals surface area contributed by atoms with Crippen LogP contribution < -0.4 is 15.2 Å². The Labute approximate surface area is 232 Å². The van der Waals surface area contributed by atoms with Crippen LogP contribution in [0.1, 0.15) is 54.8 Å². The average molecular weight is 539 g/mol. The van der Waals surface area contributed by atoms with Gasteiger partial charge in [0.2, 0.25) is 5.91 Å². The third kappa shape index (κ3) is 6.11. The van der Waals surface area contributed by atoms with E-state index in [1.54, 1.807) is 18.3 Å². The van der Waals surface area contributed by atoms with Crippen molar-refractivity contribution in [2.45, 2.75) is 50.5 Å². The van der Waals surface area contributed by atoms with E-state index in [1.165, 1.54) is 31.4 Å². The molecule has 3 heterocycles. The maximum atomic E-state index is 13.5. The number of hydrogen-bond donors (Lipinski definition) is 1.